The molecule has 2 aromatic rings. The summed E-state index contributed by atoms with van der Waals surface area (Å²) in [7, 11) is 0. The third kappa shape index (κ3) is 3.07. The lowest BCUT2D eigenvalue weighted by Gasteiger charge is -2.00. The zero-order valence-electron chi connectivity index (χ0n) is 8.70. The van der Waals surface area contributed by atoms with Crippen molar-refractivity contribution in [2.45, 2.75) is 10.6 Å². The first-order chi connectivity index (χ1) is 8.15. The van der Waals surface area contributed by atoms with Gasteiger partial charge in [0.05, 0.1) is 0 Å². The van der Waals surface area contributed by atoms with Gasteiger partial charge in [-0.25, -0.2) is 9.18 Å². The molecule has 0 spiro atoms. The van der Waals surface area contributed by atoms with E-state index in [9.17, 15) is 14.0 Å². The fourth-order valence-corrected chi connectivity index (χ4v) is 2.10. The Balaban J connectivity index is 2.10. The normalized spacial score (nSPS) is 10.4. The zero-order valence-corrected chi connectivity index (χ0v) is 9.51. The number of hydrogen-bond acceptors (Lipinski definition) is 3. The van der Waals surface area contributed by atoms with Crippen molar-refractivity contribution in [2.24, 2.45) is 0 Å². The van der Waals surface area contributed by atoms with Crippen molar-refractivity contribution >= 4 is 11.8 Å². The van der Waals surface area contributed by atoms with E-state index in [0.29, 0.717) is 11.3 Å². The van der Waals surface area contributed by atoms with E-state index in [2.05, 4.69) is 9.97 Å². The van der Waals surface area contributed by atoms with E-state index in [0.717, 1.165) is 4.90 Å². The Morgan fingerprint density at radius 3 is 2.53 bits per heavy atom. The van der Waals surface area contributed by atoms with Crippen molar-refractivity contribution in [3.63, 3.8) is 0 Å². The Labute approximate surface area is 99.9 Å². The van der Waals surface area contributed by atoms with Gasteiger partial charge in [0.2, 0.25) is 0 Å². The van der Waals surface area contributed by atoms with E-state index in [1.54, 1.807) is 12.1 Å². The van der Waals surface area contributed by atoms with Gasteiger partial charge in [-0.1, -0.05) is 0 Å². The maximum atomic E-state index is 12.7. The average molecular weight is 252 g/mol. The van der Waals surface area contributed by atoms with Crippen LogP contribution in [-0.4, -0.2) is 9.97 Å². The third-order valence-corrected chi connectivity index (χ3v) is 3.17. The van der Waals surface area contributed by atoms with Crippen molar-refractivity contribution < 1.29 is 4.39 Å². The summed E-state index contributed by atoms with van der Waals surface area (Å²) >= 11 is 1.39. The monoisotopic (exact) mass is 252 g/mol. The van der Waals surface area contributed by atoms with E-state index in [-0.39, 0.29) is 5.82 Å². The van der Waals surface area contributed by atoms with Crippen molar-refractivity contribution in [3.05, 3.63) is 62.7 Å². The molecular weight excluding hydrogens is 243 g/mol. The largest absolute Gasteiger partial charge is 0.325 e. The molecule has 0 radical (unpaired) electrons. The SMILES string of the molecule is O=c1[nH]cc(CSc2ccc(F)cc2)c(=O)[nH]1. The number of thioether (sulfide) groups is 1. The number of benzene rings is 1. The minimum atomic E-state index is -0.523. The van der Waals surface area contributed by atoms with Gasteiger partial charge in [-0.3, -0.25) is 9.78 Å². The summed E-state index contributed by atoms with van der Waals surface area (Å²) in [5.74, 6) is 0.119. The number of hydrogen-bond donors (Lipinski definition) is 2. The highest BCUT2D eigenvalue weighted by atomic mass is 32.2. The van der Waals surface area contributed by atoms with E-state index >= 15 is 0 Å². The van der Waals surface area contributed by atoms with Crippen LogP contribution in [0.2, 0.25) is 0 Å². The summed E-state index contributed by atoms with van der Waals surface area (Å²) in [6.45, 7) is 0. The fraction of sp³-hybridized carbons (Fsp3) is 0.0909. The zero-order chi connectivity index (χ0) is 12.3. The molecule has 2 N–H and O–H groups in total. The highest BCUT2D eigenvalue weighted by Crippen LogP contribution is 2.20. The quantitative estimate of drug-likeness (QED) is 0.813. The van der Waals surface area contributed by atoms with Crippen LogP contribution in [0.1, 0.15) is 5.56 Å². The smallest absolute Gasteiger partial charge is 0.314 e. The molecular formula is C11H9FN2O2S. The van der Waals surface area contributed by atoms with Gasteiger partial charge in [0.25, 0.3) is 5.56 Å². The molecule has 0 aliphatic heterocycles. The minimum absolute atomic E-state index is 0.295. The maximum Gasteiger partial charge on any atom is 0.325 e. The number of nitrogens with one attached hydrogen (secondary N) is 2. The molecule has 0 bridgehead atoms. The molecule has 0 aliphatic carbocycles. The Kier molecular flexibility index (Phi) is 3.43. The molecule has 2 rings (SSSR count). The molecule has 0 atom stereocenters. The second-order valence-corrected chi connectivity index (χ2v) is 4.39. The molecule has 0 amide bonds. The number of halogens is 1. The predicted octanol–water partition coefficient (Wildman–Crippen LogP) is 1.49. The summed E-state index contributed by atoms with van der Waals surface area (Å²) in [6, 6.07) is 6.00. The van der Waals surface area contributed by atoms with Crippen molar-refractivity contribution in [1.29, 1.82) is 0 Å². The lowest BCUT2D eigenvalue weighted by atomic mass is 10.3. The summed E-state index contributed by atoms with van der Waals surface area (Å²) in [6.07, 6.45) is 1.39. The molecule has 6 heteroatoms. The molecule has 1 aromatic heterocycles. The van der Waals surface area contributed by atoms with Gasteiger partial charge in [-0.2, -0.15) is 0 Å². The highest BCUT2D eigenvalue weighted by Gasteiger charge is 2.01. The van der Waals surface area contributed by atoms with Gasteiger partial charge in [0.15, 0.2) is 0 Å². The first kappa shape index (κ1) is 11.7. The molecule has 1 aromatic carbocycles. The van der Waals surface area contributed by atoms with Gasteiger partial charge in [0.1, 0.15) is 5.82 Å². The van der Waals surface area contributed by atoms with Gasteiger partial charge >= 0.3 is 5.69 Å². The van der Waals surface area contributed by atoms with Crippen molar-refractivity contribution in [1.82, 2.24) is 9.97 Å². The number of H-pyrrole nitrogens is 2. The summed E-state index contributed by atoms with van der Waals surface area (Å²) in [5.41, 5.74) is -0.451. The Hall–Kier alpha value is -1.82. The lowest BCUT2D eigenvalue weighted by Crippen LogP contribution is -2.24. The molecule has 1 heterocycles. The van der Waals surface area contributed by atoms with Crippen LogP contribution in [0.5, 0.6) is 0 Å². The molecule has 0 fully saturated rings. The van der Waals surface area contributed by atoms with Crippen LogP contribution in [0.15, 0.2) is 44.9 Å². The van der Waals surface area contributed by atoms with Crippen LogP contribution in [-0.2, 0) is 5.75 Å². The van der Waals surface area contributed by atoms with Crippen molar-refractivity contribution in [3.8, 4) is 0 Å². The van der Waals surface area contributed by atoms with E-state index < -0.39 is 11.2 Å². The minimum Gasteiger partial charge on any atom is -0.314 e. The molecule has 88 valence electrons. The number of aromatic amines is 2. The van der Waals surface area contributed by atoms with Crippen LogP contribution in [0.3, 0.4) is 0 Å². The molecule has 0 unspecified atom stereocenters. The molecule has 17 heavy (non-hydrogen) atoms. The summed E-state index contributed by atoms with van der Waals surface area (Å²) in [5, 5.41) is 0. The Morgan fingerprint density at radius 2 is 1.88 bits per heavy atom. The number of rotatable bonds is 3. The molecule has 4 nitrogen and oxygen atoms in total. The predicted molar refractivity (Wildman–Crippen MR) is 63.6 cm³/mol. The number of aromatic nitrogens is 2. The standard InChI is InChI=1S/C11H9FN2O2S/c12-8-1-3-9(4-2-8)17-6-7-5-13-11(16)14-10(7)15/h1-5H,6H2,(H2,13,14,15,16). The van der Waals surface area contributed by atoms with E-state index in [4.69, 9.17) is 0 Å². The van der Waals surface area contributed by atoms with Crippen LogP contribution in [0, 0.1) is 5.82 Å². The molecule has 0 saturated heterocycles. The maximum absolute atomic E-state index is 12.7. The molecule has 0 aliphatic rings. The fourth-order valence-electron chi connectivity index (χ4n) is 1.24. The molecule has 0 saturated carbocycles. The first-order valence-electron chi connectivity index (χ1n) is 4.84. The lowest BCUT2D eigenvalue weighted by molar-refractivity contribution is 0.626. The van der Waals surface area contributed by atoms with Gasteiger partial charge in [0, 0.05) is 22.4 Å². The average Bonchev–Trinajstić information content (AvgIpc) is 2.30. The Bertz CT molecular complexity index is 618. The Morgan fingerprint density at radius 1 is 1.18 bits per heavy atom. The van der Waals surface area contributed by atoms with Crippen LogP contribution in [0.4, 0.5) is 4.39 Å². The highest BCUT2D eigenvalue weighted by molar-refractivity contribution is 7.98. The third-order valence-electron chi connectivity index (χ3n) is 2.10. The van der Waals surface area contributed by atoms with Gasteiger partial charge < -0.3 is 4.98 Å². The van der Waals surface area contributed by atoms with E-state index in [1.807, 2.05) is 0 Å². The topological polar surface area (TPSA) is 65.7 Å². The van der Waals surface area contributed by atoms with Crippen LogP contribution < -0.4 is 11.2 Å². The second-order valence-electron chi connectivity index (χ2n) is 3.34. The van der Waals surface area contributed by atoms with Crippen LogP contribution in [0.25, 0.3) is 0 Å². The van der Waals surface area contributed by atoms with Gasteiger partial charge in [-0.15, -0.1) is 11.8 Å². The van der Waals surface area contributed by atoms with Crippen LogP contribution >= 0.6 is 11.8 Å². The van der Waals surface area contributed by atoms with Crippen molar-refractivity contribution in [2.75, 3.05) is 0 Å². The summed E-state index contributed by atoms with van der Waals surface area (Å²) < 4.78 is 12.7. The van der Waals surface area contributed by atoms with E-state index in [1.165, 1.54) is 30.1 Å². The summed E-state index contributed by atoms with van der Waals surface area (Å²) in [4.78, 5) is 27.6. The van der Waals surface area contributed by atoms with Gasteiger partial charge in [-0.05, 0) is 24.3 Å². The first-order valence-corrected chi connectivity index (χ1v) is 5.83. The second kappa shape index (κ2) is 5.01.